The fourth-order valence-corrected chi connectivity index (χ4v) is 1.93. The van der Waals surface area contributed by atoms with Crippen LogP contribution in [0.5, 0.6) is 0 Å². The van der Waals surface area contributed by atoms with Gasteiger partial charge in [-0.05, 0) is 37.5 Å². The van der Waals surface area contributed by atoms with Gasteiger partial charge < -0.3 is 0 Å². The van der Waals surface area contributed by atoms with Gasteiger partial charge in [0.2, 0.25) is 0 Å². The Morgan fingerprint density at radius 1 is 1.46 bits per heavy atom. The van der Waals surface area contributed by atoms with Crippen molar-refractivity contribution in [2.45, 2.75) is 27.2 Å². The summed E-state index contributed by atoms with van der Waals surface area (Å²) in [4.78, 5) is 0. The van der Waals surface area contributed by atoms with Gasteiger partial charge in [0.25, 0.3) is 0 Å². The second-order valence-corrected chi connectivity index (χ2v) is 3.50. The van der Waals surface area contributed by atoms with Crippen LogP contribution >= 0.6 is 0 Å². The largest absolute Gasteiger partial charge is 0.233 e. The standard InChI is InChI=1S/C11H14N2/c1-5-10-9(4)11-7(2)6-8(3)13(11)12-10/h6H,3,5H2,1-2,4H3. The van der Waals surface area contributed by atoms with Crippen LogP contribution in [0, 0.1) is 13.8 Å². The molecular formula is C11H14N2. The molecule has 0 atom stereocenters. The molecule has 0 saturated carbocycles. The minimum Gasteiger partial charge on any atom is -0.233 e. The summed E-state index contributed by atoms with van der Waals surface area (Å²) in [5, 5.41) is 5.49. The predicted octanol–water partition coefficient (Wildman–Crippen LogP) is 1.64. The molecule has 0 saturated heterocycles. The summed E-state index contributed by atoms with van der Waals surface area (Å²) in [5.74, 6) is 0. The van der Waals surface area contributed by atoms with Crippen LogP contribution in [0.15, 0.2) is 6.07 Å². The first-order valence-electron chi connectivity index (χ1n) is 4.61. The molecule has 2 heteroatoms. The van der Waals surface area contributed by atoms with Gasteiger partial charge in [0.1, 0.15) is 0 Å². The summed E-state index contributed by atoms with van der Waals surface area (Å²) in [7, 11) is 0. The fraction of sp³-hybridized carbons (Fsp3) is 0.364. The van der Waals surface area contributed by atoms with E-state index < -0.39 is 0 Å². The van der Waals surface area contributed by atoms with E-state index in [0.29, 0.717) is 0 Å². The number of nitrogens with zero attached hydrogens (tertiary/aromatic N) is 2. The number of aryl methyl sites for hydroxylation is 3. The van der Waals surface area contributed by atoms with Crippen LogP contribution in [0.25, 0.3) is 12.1 Å². The maximum absolute atomic E-state index is 4.51. The van der Waals surface area contributed by atoms with E-state index in [9.17, 15) is 0 Å². The van der Waals surface area contributed by atoms with Crippen molar-refractivity contribution >= 4 is 12.1 Å². The van der Waals surface area contributed by atoms with Gasteiger partial charge in [0.05, 0.1) is 16.6 Å². The summed E-state index contributed by atoms with van der Waals surface area (Å²) >= 11 is 0. The summed E-state index contributed by atoms with van der Waals surface area (Å²) < 4.78 is 1.95. The maximum Gasteiger partial charge on any atom is 0.0730 e. The predicted molar refractivity (Wildman–Crippen MR) is 54.8 cm³/mol. The van der Waals surface area contributed by atoms with Crippen LogP contribution in [0.2, 0.25) is 0 Å². The molecule has 13 heavy (non-hydrogen) atoms. The van der Waals surface area contributed by atoms with Gasteiger partial charge in [-0.25, -0.2) is 4.52 Å². The molecular weight excluding hydrogens is 160 g/mol. The molecule has 0 radical (unpaired) electrons. The van der Waals surface area contributed by atoms with E-state index in [1.54, 1.807) is 0 Å². The molecule has 0 fully saturated rings. The zero-order valence-electron chi connectivity index (χ0n) is 8.39. The maximum atomic E-state index is 4.51. The van der Waals surface area contributed by atoms with Crippen molar-refractivity contribution in [2.24, 2.45) is 0 Å². The number of rotatable bonds is 1. The Labute approximate surface area is 77.9 Å². The van der Waals surface area contributed by atoms with Crippen molar-refractivity contribution in [1.82, 2.24) is 9.61 Å². The average Bonchev–Trinajstić information content (AvgIpc) is 2.54. The summed E-state index contributed by atoms with van der Waals surface area (Å²) in [6.45, 7) is 10.3. The third-order valence-electron chi connectivity index (χ3n) is 2.58. The van der Waals surface area contributed by atoms with Crippen molar-refractivity contribution in [2.75, 3.05) is 0 Å². The lowest BCUT2D eigenvalue weighted by atomic mass is 10.1. The van der Waals surface area contributed by atoms with Gasteiger partial charge >= 0.3 is 0 Å². The van der Waals surface area contributed by atoms with Crippen LogP contribution in [0.1, 0.15) is 23.7 Å². The Hall–Kier alpha value is -1.31. The molecule has 0 aliphatic carbocycles. The van der Waals surface area contributed by atoms with Crippen molar-refractivity contribution in [1.29, 1.82) is 0 Å². The van der Waals surface area contributed by atoms with E-state index in [0.717, 1.165) is 11.8 Å². The summed E-state index contributed by atoms with van der Waals surface area (Å²) in [5.41, 5.74) is 5.00. The van der Waals surface area contributed by atoms with Gasteiger partial charge in [-0.15, -0.1) is 0 Å². The van der Waals surface area contributed by atoms with Crippen LogP contribution < -0.4 is 5.35 Å². The van der Waals surface area contributed by atoms with E-state index in [2.05, 4.69) is 38.5 Å². The third kappa shape index (κ3) is 0.981. The molecule has 68 valence electrons. The Morgan fingerprint density at radius 2 is 2.15 bits per heavy atom. The monoisotopic (exact) mass is 174 g/mol. The molecule has 0 aliphatic rings. The van der Waals surface area contributed by atoms with Crippen molar-refractivity contribution in [3.63, 3.8) is 0 Å². The number of fused-ring (bicyclic) bond motifs is 1. The molecule has 0 aliphatic heterocycles. The SMILES string of the molecule is C=c1cc(C)c2c(C)c(CC)nn12. The van der Waals surface area contributed by atoms with Gasteiger partial charge in [0, 0.05) is 0 Å². The van der Waals surface area contributed by atoms with E-state index in [4.69, 9.17) is 0 Å². The molecule has 2 nitrogen and oxygen atoms in total. The fourth-order valence-electron chi connectivity index (χ4n) is 1.93. The van der Waals surface area contributed by atoms with E-state index in [-0.39, 0.29) is 0 Å². The topological polar surface area (TPSA) is 17.3 Å². The first-order valence-corrected chi connectivity index (χ1v) is 4.61. The first-order chi connectivity index (χ1) is 6.15. The highest BCUT2D eigenvalue weighted by atomic mass is 15.2. The highest BCUT2D eigenvalue weighted by Gasteiger charge is 2.10. The minimum absolute atomic E-state index is 0.982. The summed E-state index contributed by atoms with van der Waals surface area (Å²) in [6, 6.07) is 2.08. The van der Waals surface area contributed by atoms with Crippen LogP contribution in [0.4, 0.5) is 0 Å². The Balaban J connectivity index is 2.93. The number of hydrogen-bond acceptors (Lipinski definition) is 1. The molecule has 0 N–H and O–H groups in total. The van der Waals surface area contributed by atoms with Crippen LogP contribution in [-0.4, -0.2) is 9.61 Å². The molecule has 2 heterocycles. The third-order valence-corrected chi connectivity index (χ3v) is 2.58. The zero-order valence-corrected chi connectivity index (χ0v) is 8.39. The molecule has 0 aromatic carbocycles. The highest BCUT2D eigenvalue weighted by Crippen LogP contribution is 2.17. The molecule has 2 rings (SSSR count). The number of aromatic nitrogens is 2. The first kappa shape index (κ1) is 8.30. The van der Waals surface area contributed by atoms with Gasteiger partial charge in [-0.3, -0.25) is 0 Å². The van der Waals surface area contributed by atoms with Crippen molar-refractivity contribution in [3.05, 3.63) is 28.2 Å². The van der Waals surface area contributed by atoms with Crippen molar-refractivity contribution < 1.29 is 0 Å². The lowest BCUT2D eigenvalue weighted by Crippen LogP contribution is -2.05. The van der Waals surface area contributed by atoms with Crippen LogP contribution in [0.3, 0.4) is 0 Å². The molecule has 0 bridgehead atoms. The van der Waals surface area contributed by atoms with Crippen molar-refractivity contribution in [3.8, 4) is 0 Å². The average molecular weight is 174 g/mol. The molecule has 0 spiro atoms. The van der Waals surface area contributed by atoms with Crippen LogP contribution in [-0.2, 0) is 6.42 Å². The minimum atomic E-state index is 0.982. The molecule has 2 aromatic rings. The Kier molecular flexibility index (Phi) is 1.65. The Morgan fingerprint density at radius 3 is 2.69 bits per heavy atom. The van der Waals surface area contributed by atoms with Gasteiger partial charge in [-0.2, -0.15) is 5.10 Å². The lowest BCUT2D eigenvalue weighted by molar-refractivity contribution is 0.884. The van der Waals surface area contributed by atoms with Gasteiger partial charge in [0.15, 0.2) is 0 Å². The highest BCUT2D eigenvalue weighted by molar-refractivity contribution is 5.62. The smallest absolute Gasteiger partial charge is 0.0730 e. The second-order valence-electron chi connectivity index (χ2n) is 3.50. The Bertz CT molecular complexity index is 494. The molecule has 2 aromatic heterocycles. The summed E-state index contributed by atoms with van der Waals surface area (Å²) in [6.07, 6.45) is 0.992. The molecule has 0 amide bonds. The lowest BCUT2D eigenvalue weighted by Gasteiger charge is -1.90. The normalized spacial score (nSPS) is 11.3. The second kappa shape index (κ2) is 2.59. The van der Waals surface area contributed by atoms with E-state index >= 15 is 0 Å². The number of hydrogen-bond donors (Lipinski definition) is 0. The van der Waals surface area contributed by atoms with E-state index in [1.807, 2.05) is 4.52 Å². The molecule has 0 unspecified atom stereocenters. The zero-order chi connectivity index (χ0) is 9.59. The van der Waals surface area contributed by atoms with Gasteiger partial charge in [-0.1, -0.05) is 13.5 Å². The van der Waals surface area contributed by atoms with E-state index in [1.165, 1.54) is 22.3 Å². The quantitative estimate of drug-likeness (QED) is 0.642.